The van der Waals surface area contributed by atoms with Crippen molar-refractivity contribution in [2.45, 2.75) is 25.9 Å². The van der Waals surface area contributed by atoms with Gasteiger partial charge in [-0.1, -0.05) is 23.4 Å². The molecule has 1 atom stereocenters. The molecule has 4 rings (SSSR count). The molecule has 0 bridgehead atoms. The van der Waals surface area contributed by atoms with Crippen LogP contribution in [0.1, 0.15) is 18.7 Å². The fourth-order valence-corrected chi connectivity index (χ4v) is 3.40. The zero-order chi connectivity index (χ0) is 16.2. The molecule has 0 aliphatic carbocycles. The molecule has 3 aromatic rings. The van der Waals surface area contributed by atoms with E-state index in [2.05, 4.69) is 37.4 Å². The van der Waals surface area contributed by atoms with Crippen molar-refractivity contribution in [1.82, 2.24) is 34.7 Å². The molecule has 24 heavy (non-hydrogen) atoms. The Morgan fingerprint density at radius 1 is 1.17 bits per heavy atom. The third-order valence-corrected chi connectivity index (χ3v) is 4.50. The standard InChI is InChI=1S/C17H21N7/c1-2-6-16(7-3-1)24-17(18-14-20-24)13-22-9-4-5-15(11-22)12-23-10-8-19-21-23/h1-3,6-8,10,14-15H,4-5,9,11-13H2/t15-/m1/s1. The van der Waals surface area contributed by atoms with Crippen LogP contribution >= 0.6 is 0 Å². The highest BCUT2D eigenvalue weighted by atomic mass is 15.4. The molecule has 1 saturated heterocycles. The SMILES string of the molecule is c1ccc(-n2ncnc2CN2CCC[C@@H](Cn3ccnn3)C2)cc1. The Hall–Kier alpha value is -2.54. The van der Waals surface area contributed by atoms with Crippen LogP contribution in [0.25, 0.3) is 5.69 Å². The molecule has 1 aliphatic heterocycles. The lowest BCUT2D eigenvalue weighted by Crippen LogP contribution is -2.37. The van der Waals surface area contributed by atoms with Crippen LogP contribution in [0.2, 0.25) is 0 Å². The fourth-order valence-electron chi connectivity index (χ4n) is 3.40. The Kier molecular flexibility index (Phi) is 4.33. The molecule has 124 valence electrons. The maximum absolute atomic E-state index is 4.47. The predicted octanol–water partition coefficient (Wildman–Crippen LogP) is 1.77. The molecule has 0 N–H and O–H groups in total. The monoisotopic (exact) mass is 323 g/mol. The van der Waals surface area contributed by atoms with Gasteiger partial charge >= 0.3 is 0 Å². The van der Waals surface area contributed by atoms with Crippen LogP contribution < -0.4 is 0 Å². The van der Waals surface area contributed by atoms with Crippen molar-refractivity contribution in [3.63, 3.8) is 0 Å². The lowest BCUT2D eigenvalue weighted by atomic mass is 9.98. The van der Waals surface area contributed by atoms with E-state index >= 15 is 0 Å². The summed E-state index contributed by atoms with van der Waals surface area (Å²) in [5, 5.41) is 12.4. The van der Waals surface area contributed by atoms with E-state index in [9.17, 15) is 0 Å². The topological polar surface area (TPSA) is 64.7 Å². The Morgan fingerprint density at radius 3 is 2.92 bits per heavy atom. The largest absolute Gasteiger partial charge is 0.296 e. The van der Waals surface area contributed by atoms with Gasteiger partial charge in [0.2, 0.25) is 0 Å². The van der Waals surface area contributed by atoms with Gasteiger partial charge in [-0.15, -0.1) is 5.10 Å². The Balaban J connectivity index is 1.43. The van der Waals surface area contributed by atoms with E-state index in [0.717, 1.165) is 37.7 Å². The summed E-state index contributed by atoms with van der Waals surface area (Å²) in [6.07, 6.45) is 7.76. The Morgan fingerprint density at radius 2 is 2.08 bits per heavy atom. The van der Waals surface area contributed by atoms with Gasteiger partial charge in [0.25, 0.3) is 0 Å². The Bertz CT molecular complexity index is 750. The average Bonchev–Trinajstić information content (AvgIpc) is 3.28. The third-order valence-electron chi connectivity index (χ3n) is 4.50. The van der Waals surface area contributed by atoms with Crippen molar-refractivity contribution in [1.29, 1.82) is 0 Å². The van der Waals surface area contributed by atoms with Gasteiger partial charge in [0.15, 0.2) is 0 Å². The molecule has 1 aromatic carbocycles. The molecule has 0 saturated carbocycles. The minimum Gasteiger partial charge on any atom is -0.296 e. The number of para-hydroxylation sites is 1. The van der Waals surface area contributed by atoms with Gasteiger partial charge < -0.3 is 0 Å². The highest BCUT2D eigenvalue weighted by Crippen LogP contribution is 2.20. The van der Waals surface area contributed by atoms with Crippen molar-refractivity contribution in [2.24, 2.45) is 5.92 Å². The maximum Gasteiger partial charge on any atom is 0.146 e. The second-order valence-corrected chi connectivity index (χ2v) is 6.29. The predicted molar refractivity (Wildman–Crippen MR) is 89.4 cm³/mol. The molecule has 0 amide bonds. The van der Waals surface area contributed by atoms with Crippen LogP contribution in [0.5, 0.6) is 0 Å². The van der Waals surface area contributed by atoms with Crippen LogP contribution in [0.15, 0.2) is 49.1 Å². The van der Waals surface area contributed by atoms with Crippen molar-refractivity contribution in [3.8, 4) is 5.69 Å². The highest BCUT2D eigenvalue weighted by Gasteiger charge is 2.22. The van der Waals surface area contributed by atoms with Gasteiger partial charge in [0, 0.05) is 19.3 Å². The average molecular weight is 323 g/mol. The van der Waals surface area contributed by atoms with Crippen molar-refractivity contribution in [2.75, 3.05) is 13.1 Å². The molecule has 1 aliphatic rings. The van der Waals surface area contributed by atoms with Crippen LogP contribution in [0.3, 0.4) is 0 Å². The molecule has 0 radical (unpaired) electrons. The lowest BCUT2D eigenvalue weighted by molar-refractivity contribution is 0.149. The summed E-state index contributed by atoms with van der Waals surface area (Å²) in [5.74, 6) is 1.59. The summed E-state index contributed by atoms with van der Waals surface area (Å²) < 4.78 is 3.86. The molecule has 0 unspecified atom stereocenters. The van der Waals surface area contributed by atoms with Crippen LogP contribution in [0, 0.1) is 5.92 Å². The van der Waals surface area contributed by atoms with Gasteiger partial charge in [-0.25, -0.2) is 9.67 Å². The zero-order valence-electron chi connectivity index (χ0n) is 13.6. The van der Waals surface area contributed by atoms with Crippen LogP contribution in [-0.2, 0) is 13.1 Å². The number of nitrogens with zero attached hydrogens (tertiary/aromatic N) is 7. The summed E-state index contributed by atoms with van der Waals surface area (Å²) in [5.41, 5.74) is 1.06. The molecular weight excluding hydrogens is 302 g/mol. The normalized spacial score (nSPS) is 18.8. The molecule has 0 spiro atoms. The Labute approximate surface area is 140 Å². The van der Waals surface area contributed by atoms with Gasteiger partial charge in [-0.3, -0.25) is 9.58 Å². The van der Waals surface area contributed by atoms with Gasteiger partial charge in [-0.05, 0) is 37.4 Å². The summed E-state index contributed by atoms with van der Waals surface area (Å²) in [6.45, 7) is 3.92. The number of benzene rings is 1. The summed E-state index contributed by atoms with van der Waals surface area (Å²) in [6, 6.07) is 10.2. The van der Waals surface area contributed by atoms with E-state index in [0.29, 0.717) is 5.92 Å². The van der Waals surface area contributed by atoms with E-state index < -0.39 is 0 Å². The van der Waals surface area contributed by atoms with E-state index in [-0.39, 0.29) is 0 Å². The summed E-state index contributed by atoms with van der Waals surface area (Å²) >= 11 is 0. The van der Waals surface area contributed by atoms with E-state index in [1.807, 2.05) is 33.8 Å². The van der Waals surface area contributed by atoms with Crippen molar-refractivity contribution < 1.29 is 0 Å². The first kappa shape index (κ1) is 15.0. The number of rotatable bonds is 5. The first-order valence-electron chi connectivity index (χ1n) is 8.39. The molecule has 1 fully saturated rings. The maximum atomic E-state index is 4.47. The van der Waals surface area contributed by atoms with Gasteiger partial charge in [0.05, 0.1) is 18.4 Å². The zero-order valence-corrected chi connectivity index (χ0v) is 13.6. The number of aromatic nitrogens is 6. The van der Waals surface area contributed by atoms with Gasteiger partial charge in [0.1, 0.15) is 12.2 Å². The molecule has 7 heteroatoms. The molecule has 2 aromatic heterocycles. The van der Waals surface area contributed by atoms with E-state index in [1.165, 1.54) is 12.8 Å². The minimum atomic E-state index is 0.605. The number of likely N-dealkylation sites (tertiary alicyclic amines) is 1. The molecule has 7 nitrogen and oxygen atoms in total. The van der Waals surface area contributed by atoms with Gasteiger partial charge in [-0.2, -0.15) is 5.10 Å². The van der Waals surface area contributed by atoms with Crippen LogP contribution in [0.4, 0.5) is 0 Å². The third kappa shape index (κ3) is 3.35. The molecular formula is C17H21N7. The number of piperidine rings is 1. The summed E-state index contributed by atoms with van der Waals surface area (Å²) in [4.78, 5) is 6.94. The van der Waals surface area contributed by atoms with E-state index in [1.54, 1.807) is 12.5 Å². The van der Waals surface area contributed by atoms with Crippen LogP contribution in [-0.4, -0.2) is 47.7 Å². The smallest absolute Gasteiger partial charge is 0.146 e. The highest BCUT2D eigenvalue weighted by molar-refractivity contribution is 5.30. The second-order valence-electron chi connectivity index (χ2n) is 6.29. The van der Waals surface area contributed by atoms with Crippen molar-refractivity contribution >= 4 is 0 Å². The first-order valence-corrected chi connectivity index (χ1v) is 8.39. The second kappa shape index (κ2) is 6.92. The fraction of sp³-hybridized carbons (Fsp3) is 0.412. The summed E-state index contributed by atoms with van der Waals surface area (Å²) in [7, 11) is 0. The minimum absolute atomic E-state index is 0.605. The first-order chi connectivity index (χ1) is 11.9. The molecule has 3 heterocycles. The lowest BCUT2D eigenvalue weighted by Gasteiger charge is -2.32. The van der Waals surface area contributed by atoms with E-state index in [4.69, 9.17) is 0 Å². The quantitative estimate of drug-likeness (QED) is 0.716. The van der Waals surface area contributed by atoms with Crippen molar-refractivity contribution in [3.05, 3.63) is 54.9 Å². The number of hydrogen-bond donors (Lipinski definition) is 0. The number of hydrogen-bond acceptors (Lipinski definition) is 5.